The number of rotatable bonds is 7. The minimum absolute atomic E-state index is 0.0639. The van der Waals surface area contributed by atoms with Crippen LogP contribution in [-0.4, -0.2) is 20.8 Å². The second-order valence-electron chi connectivity index (χ2n) is 5.94. The summed E-state index contributed by atoms with van der Waals surface area (Å²) >= 11 is 0. The predicted molar refractivity (Wildman–Crippen MR) is 106 cm³/mol. The standard InChI is InChI=1S/C21H20N4O2/c22-17(13-19(26)18-4-3-11-25-21(18)23)12-15-6-8-16(9-7-15)14-27-20-5-1-2-10-24-20/h1-11,13,22,26H,12,14H2,(H2,23,25)/b19-13-,22-17?. The highest BCUT2D eigenvalue weighted by Gasteiger charge is 2.06. The Morgan fingerprint density at radius 3 is 2.44 bits per heavy atom. The van der Waals surface area contributed by atoms with Gasteiger partial charge in [-0.2, -0.15) is 0 Å². The molecular weight excluding hydrogens is 340 g/mol. The predicted octanol–water partition coefficient (Wildman–Crippen LogP) is 3.80. The fourth-order valence-corrected chi connectivity index (χ4v) is 2.49. The third-order valence-electron chi connectivity index (χ3n) is 3.87. The zero-order chi connectivity index (χ0) is 19.1. The molecule has 136 valence electrons. The summed E-state index contributed by atoms with van der Waals surface area (Å²) in [6, 6.07) is 16.7. The number of hydrogen-bond acceptors (Lipinski definition) is 6. The number of ether oxygens (including phenoxy) is 1. The summed E-state index contributed by atoms with van der Waals surface area (Å²) in [6.45, 7) is 0.426. The number of allylic oxidation sites excluding steroid dienone is 1. The van der Waals surface area contributed by atoms with Gasteiger partial charge in [0.25, 0.3) is 0 Å². The third kappa shape index (κ3) is 5.15. The molecule has 0 radical (unpaired) electrons. The van der Waals surface area contributed by atoms with E-state index in [1.807, 2.05) is 42.5 Å². The van der Waals surface area contributed by atoms with Crippen molar-refractivity contribution < 1.29 is 9.84 Å². The van der Waals surface area contributed by atoms with Gasteiger partial charge < -0.3 is 21.0 Å². The molecule has 2 aromatic heterocycles. The molecule has 27 heavy (non-hydrogen) atoms. The van der Waals surface area contributed by atoms with Crippen molar-refractivity contribution in [2.24, 2.45) is 0 Å². The topological polar surface area (TPSA) is 105 Å². The average Bonchev–Trinajstić information content (AvgIpc) is 2.68. The van der Waals surface area contributed by atoms with Crippen molar-refractivity contribution in [2.45, 2.75) is 13.0 Å². The molecule has 0 aliphatic heterocycles. The van der Waals surface area contributed by atoms with E-state index in [9.17, 15) is 5.11 Å². The Morgan fingerprint density at radius 2 is 1.74 bits per heavy atom. The van der Waals surface area contributed by atoms with Crippen LogP contribution in [0.15, 0.2) is 73.1 Å². The Balaban J connectivity index is 1.58. The quantitative estimate of drug-likeness (QED) is 0.439. The van der Waals surface area contributed by atoms with Crippen molar-refractivity contribution in [3.05, 3.63) is 89.8 Å². The maximum Gasteiger partial charge on any atom is 0.213 e. The Labute approximate surface area is 157 Å². The van der Waals surface area contributed by atoms with Gasteiger partial charge >= 0.3 is 0 Å². The number of hydrogen-bond donors (Lipinski definition) is 3. The first-order valence-electron chi connectivity index (χ1n) is 8.42. The lowest BCUT2D eigenvalue weighted by Crippen LogP contribution is -2.02. The van der Waals surface area contributed by atoms with Crippen LogP contribution in [0.4, 0.5) is 5.82 Å². The van der Waals surface area contributed by atoms with Crippen LogP contribution in [0.5, 0.6) is 5.88 Å². The lowest BCUT2D eigenvalue weighted by Gasteiger charge is -2.07. The van der Waals surface area contributed by atoms with Gasteiger partial charge in [0, 0.05) is 36.7 Å². The number of nitrogens with zero attached hydrogens (tertiary/aromatic N) is 2. The zero-order valence-electron chi connectivity index (χ0n) is 14.7. The fourth-order valence-electron chi connectivity index (χ4n) is 2.49. The molecule has 0 spiro atoms. The highest BCUT2D eigenvalue weighted by Crippen LogP contribution is 2.17. The van der Waals surface area contributed by atoms with Crippen LogP contribution in [0.1, 0.15) is 16.7 Å². The number of aliphatic hydroxyl groups is 1. The molecule has 6 heteroatoms. The molecule has 0 aliphatic rings. The molecule has 0 amide bonds. The zero-order valence-corrected chi connectivity index (χ0v) is 14.7. The van der Waals surface area contributed by atoms with E-state index in [2.05, 4.69) is 9.97 Å². The number of aliphatic hydroxyl groups excluding tert-OH is 1. The average molecular weight is 360 g/mol. The number of nitrogens with two attached hydrogens (primary N) is 1. The van der Waals surface area contributed by atoms with E-state index < -0.39 is 0 Å². The molecule has 0 aliphatic carbocycles. The summed E-state index contributed by atoms with van der Waals surface area (Å²) in [5, 5.41) is 18.2. The Kier molecular flexibility index (Phi) is 5.79. The van der Waals surface area contributed by atoms with Crippen molar-refractivity contribution in [3.8, 4) is 5.88 Å². The van der Waals surface area contributed by atoms with Crippen LogP contribution in [0.25, 0.3) is 5.76 Å². The molecule has 0 bridgehead atoms. The molecule has 6 nitrogen and oxygen atoms in total. The minimum atomic E-state index is -0.0639. The number of benzene rings is 1. The Bertz CT molecular complexity index is 938. The monoisotopic (exact) mass is 360 g/mol. The van der Waals surface area contributed by atoms with Crippen LogP contribution < -0.4 is 10.5 Å². The van der Waals surface area contributed by atoms with Gasteiger partial charge in [-0.05, 0) is 29.3 Å². The molecule has 0 saturated heterocycles. The van der Waals surface area contributed by atoms with Crippen LogP contribution in [-0.2, 0) is 13.0 Å². The van der Waals surface area contributed by atoms with E-state index >= 15 is 0 Å². The molecule has 0 saturated carbocycles. The summed E-state index contributed by atoms with van der Waals surface area (Å²) < 4.78 is 5.61. The smallest absolute Gasteiger partial charge is 0.213 e. The summed E-state index contributed by atoms with van der Waals surface area (Å²) in [5.41, 5.74) is 8.40. The normalized spacial score (nSPS) is 11.2. The van der Waals surface area contributed by atoms with Crippen LogP contribution in [0, 0.1) is 5.41 Å². The van der Waals surface area contributed by atoms with Crippen molar-refractivity contribution in [3.63, 3.8) is 0 Å². The van der Waals surface area contributed by atoms with Gasteiger partial charge in [0.1, 0.15) is 18.2 Å². The van der Waals surface area contributed by atoms with E-state index in [0.717, 1.165) is 11.1 Å². The summed E-state index contributed by atoms with van der Waals surface area (Å²) in [6.07, 6.45) is 5.03. The van der Waals surface area contributed by atoms with E-state index in [1.165, 1.54) is 6.08 Å². The molecule has 0 fully saturated rings. The molecule has 1 aromatic carbocycles. The second kappa shape index (κ2) is 8.62. The van der Waals surface area contributed by atoms with Crippen LogP contribution in [0.2, 0.25) is 0 Å². The third-order valence-corrected chi connectivity index (χ3v) is 3.87. The van der Waals surface area contributed by atoms with E-state index in [4.69, 9.17) is 15.9 Å². The first kappa shape index (κ1) is 18.1. The maximum absolute atomic E-state index is 10.1. The maximum atomic E-state index is 10.1. The van der Waals surface area contributed by atoms with Gasteiger partial charge in [-0.1, -0.05) is 30.3 Å². The van der Waals surface area contributed by atoms with Crippen molar-refractivity contribution in [2.75, 3.05) is 5.73 Å². The Hall–Kier alpha value is -3.67. The SMILES string of the molecule is N=C(/C=C(\O)c1cccnc1N)Cc1ccc(COc2ccccn2)cc1. The van der Waals surface area contributed by atoms with Gasteiger partial charge in [0.15, 0.2) is 0 Å². The van der Waals surface area contributed by atoms with Crippen molar-refractivity contribution in [1.29, 1.82) is 5.41 Å². The number of nitrogens with one attached hydrogen (secondary N) is 1. The largest absolute Gasteiger partial charge is 0.507 e. The lowest BCUT2D eigenvalue weighted by molar-refractivity contribution is 0.294. The molecule has 2 heterocycles. The summed E-state index contributed by atoms with van der Waals surface area (Å²) in [7, 11) is 0. The second-order valence-corrected chi connectivity index (χ2v) is 5.94. The number of anilines is 1. The molecular formula is C21H20N4O2. The first-order chi connectivity index (χ1) is 13.1. The van der Waals surface area contributed by atoms with E-state index in [1.54, 1.807) is 24.5 Å². The van der Waals surface area contributed by atoms with Crippen LogP contribution in [0.3, 0.4) is 0 Å². The highest BCUT2D eigenvalue weighted by atomic mass is 16.5. The number of aromatic nitrogens is 2. The van der Waals surface area contributed by atoms with E-state index in [0.29, 0.717) is 24.5 Å². The summed E-state index contributed by atoms with van der Waals surface area (Å²) in [4.78, 5) is 8.05. The van der Waals surface area contributed by atoms with Crippen molar-refractivity contribution >= 4 is 17.3 Å². The molecule has 0 unspecified atom stereocenters. The first-order valence-corrected chi connectivity index (χ1v) is 8.42. The number of pyridine rings is 2. The van der Waals surface area contributed by atoms with Gasteiger partial charge in [0.2, 0.25) is 5.88 Å². The van der Waals surface area contributed by atoms with Crippen molar-refractivity contribution in [1.82, 2.24) is 9.97 Å². The Morgan fingerprint density at radius 1 is 1.00 bits per heavy atom. The molecule has 3 aromatic rings. The molecule has 0 atom stereocenters. The number of nitrogen functional groups attached to an aromatic ring is 1. The summed E-state index contributed by atoms with van der Waals surface area (Å²) in [5.74, 6) is 0.751. The molecule has 4 N–H and O–H groups in total. The lowest BCUT2D eigenvalue weighted by atomic mass is 10.0. The van der Waals surface area contributed by atoms with Gasteiger partial charge in [0.05, 0.1) is 5.56 Å². The highest BCUT2D eigenvalue weighted by molar-refractivity contribution is 5.99. The molecule has 3 rings (SSSR count). The van der Waals surface area contributed by atoms with Gasteiger partial charge in [-0.25, -0.2) is 9.97 Å². The fraction of sp³-hybridized carbons (Fsp3) is 0.0952. The van der Waals surface area contributed by atoms with Gasteiger partial charge in [-0.3, -0.25) is 0 Å². The van der Waals surface area contributed by atoms with Gasteiger partial charge in [-0.15, -0.1) is 0 Å². The van der Waals surface area contributed by atoms with Crippen LogP contribution >= 0.6 is 0 Å². The minimum Gasteiger partial charge on any atom is -0.507 e. The van der Waals surface area contributed by atoms with E-state index in [-0.39, 0.29) is 17.3 Å².